The zero-order valence-electron chi connectivity index (χ0n) is 18.0. The SMILES string of the molecule is CC(C)(C)c1cc(C(C)(C)C)c(NC(=O)C2=CNC3=CC=CCC3C2=O)cc1O. The lowest BCUT2D eigenvalue weighted by molar-refractivity contribution is -0.122. The lowest BCUT2D eigenvalue weighted by Gasteiger charge is -2.29. The molecule has 1 aliphatic carbocycles. The molecule has 5 nitrogen and oxygen atoms in total. The number of nitrogens with one attached hydrogen (secondary N) is 2. The molecule has 0 fully saturated rings. The van der Waals surface area contributed by atoms with Crippen molar-refractivity contribution in [1.82, 2.24) is 5.32 Å². The van der Waals surface area contributed by atoms with Crippen LogP contribution >= 0.6 is 0 Å². The lowest BCUT2D eigenvalue weighted by Crippen LogP contribution is -2.36. The van der Waals surface area contributed by atoms with E-state index in [1.807, 2.05) is 45.1 Å². The highest BCUT2D eigenvalue weighted by atomic mass is 16.3. The molecule has 154 valence electrons. The molecule has 0 saturated heterocycles. The summed E-state index contributed by atoms with van der Waals surface area (Å²) in [7, 11) is 0. The number of hydrogen-bond acceptors (Lipinski definition) is 4. The van der Waals surface area contributed by atoms with E-state index in [1.54, 1.807) is 6.07 Å². The third kappa shape index (κ3) is 4.14. The van der Waals surface area contributed by atoms with E-state index in [2.05, 4.69) is 31.4 Å². The number of phenolic OH excluding ortho intramolecular Hbond substituents is 1. The van der Waals surface area contributed by atoms with Gasteiger partial charge < -0.3 is 15.7 Å². The maximum Gasteiger partial charge on any atom is 0.260 e. The Morgan fingerprint density at radius 3 is 2.38 bits per heavy atom. The number of ketones is 1. The molecule has 0 aromatic heterocycles. The zero-order chi connectivity index (χ0) is 21.6. The predicted octanol–water partition coefficient (Wildman–Crippen LogP) is 4.44. The highest BCUT2D eigenvalue weighted by molar-refractivity contribution is 6.25. The third-order valence-electron chi connectivity index (χ3n) is 5.37. The zero-order valence-corrected chi connectivity index (χ0v) is 18.0. The second-order valence-electron chi connectivity index (χ2n) is 9.77. The molecule has 1 amide bonds. The molecule has 0 bridgehead atoms. The molecule has 1 aliphatic heterocycles. The van der Waals surface area contributed by atoms with Crippen LogP contribution in [0.3, 0.4) is 0 Å². The van der Waals surface area contributed by atoms with Crippen LogP contribution in [0, 0.1) is 5.92 Å². The Morgan fingerprint density at radius 2 is 1.76 bits per heavy atom. The highest BCUT2D eigenvalue weighted by Crippen LogP contribution is 2.40. The number of aromatic hydroxyl groups is 1. The molecule has 1 atom stereocenters. The number of allylic oxidation sites excluding steroid dienone is 4. The van der Waals surface area contributed by atoms with Gasteiger partial charge in [-0.25, -0.2) is 0 Å². The highest BCUT2D eigenvalue weighted by Gasteiger charge is 2.34. The smallest absolute Gasteiger partial charge is 0.260 e. The van der Waals surface area contributed by atoms with Gasteiger partial charge in [0.05, 0.1) is 11.5 Å². The number of Topliss-reactive ketones (excluding diaryl/α,β-unsaturated/α-hetero) is 1. The fraction of sp³-hybridized carbons (Fsp3) is 0.417. The number of amides is 1. The van der Waals surface area contributed by atoms with Crippen molar-refractivity contribution >= 4 is 17.4 Å². The summed E-state index contributed by atoms with van der Waals surface area (Å²) in [6.07, 6.45) is 7.74. The maximum atomic E-state index is 13.0. The van der Waals surface area contributed by atoms with Gasteiger partial charge >= 0.3 is 0 Å². The maximum absolute atomic E-state index is 13.0. The summed E-state index contributed by atoms with van der Waals surface area (Å²) in [5, 5.41) is 16.5. The van der Waals surface area contributed by atoms with Crippen LogP contribution in [0.4, 0.5) is 5.69 Å². The summed E-state index contributed by atoms with van der Waals surface area (Å²) in [6.45, 7) is 12.3. The van der Waals surface area contributed by atoms with Crippen LogP contribution in [0.5, 0.6) is 5.75 Å². The van der Waals surface area contributed by atoms with E-state index < -0.39 is 5.91 Å². The molecule has 3 rings (SSSR count). The van der Waals surface area contributed by atoms with Crippen molar-refractivity contribution in [3.8, 4) is 5.75 Å². The van der Waals surface area contributed by atoms with E-state index in [9.17, 15) is 14.7 Å². The van der Waals surface area contributed by atoms with Crippen molar-refractivity contribution < 1.29 is 14.7 Å². The average Bonchev–Trinajstić information content (AvgIpc) is 2.60. The van der Waals surface area contributed by atoms with Gasteiger partial charge in [0.1, 0.15) is 5.75 Å². The van der Waals surface area contributed by atoms with E-state index in [1.165, 1.54) is 6.20 Å². The monoisotopic (exact) mass is 394 g/mol. The summed E-state index contributed by atoms with van der Waals surface area (Å²) < 4.78 is 0. The van der Waals surface area contributed by atoms with Crippen LogP contribution in [0.25, 0.3) is 0 Å². The minimum absolute atomic E-state index is 0.0988. The Labute approximate surface area is 172 Å². The van der Waals surface area contributed by atoms with Gasteiger partial charge in [0.2, 0.25) is 0 Å². The van der Waals surface area contributed by atoms with Crippen molar-refractivity contribution in [3.63, 3.8) is 0 Å². The molecule has 1 aromatic rings. The van der Waals surface area contributed by atoms with E-state index in [0.29, 0.717) is 12.1 Å². The van der Waals surface area contributed by atoms with Gasteiger partial charge in [-0.2, -0.15) is 0 Å². The molecule has 3 N–H and O–H groups in total. The minimum Gasteiger partial charge on any atom is -0.508 e. The fourth-order valence-corrected chi connectivity index (χ4v) is 3.72. The van der Waals surface area contributed by atoms with E-state index in [-0.39, 0.29) is 33.9 Å². The topological polar surface area (TPSA) is 78.4 Å². The molecule has 2 aliphatic rings. The van der Waals surface area contributed by atoms with Gasteiger partial charge in [0.15, 0.2) is 5.78 Å². The minimum atomic E-state index is -0.468. The number of carbonyl (C=O) groups is 2. The molecule has 0 saturated carbocycles. The van der Waals surface area contributed by atoms with Gasteiger partial charge in [0, 0.05) is 23.7 Å². The summed E-state index contributed by atoms with van der Waals surface area (Å²) in [5.74, 6) is -0.871. The normalized spacial score (nSPS) is 19.1. The predicted molar refractivity (Wildman–Crippen MR) is 116 cm³/mol. The van der Waals surface area contributed by atoms with Crippen molar-refractivity contribution in [2.75, 3.05) is 5.32 Å². The second kappa shape index (κ2) is 7.21. The van der Waals surface area contributed by atoms with E-state index in [0.717, 1.165) is 16.8 Å². The molecule has 0 radical (unpaired) electrons. The van der Waals surface area contributed by atoms with Gasteiger partial charge in [-0.05, 0) is 40.5 Å². The van der Waals surface area contributed by atoms with E-state index >= 15 is 0 Å². The molecule has 1 aromatic carbocycles. The molecular formula is C24H30N2O3. The third-order valence-corrected chi connectivity index (χ3v) is 5.37. The number of anilines is 1. The summed E-state index contributed by atoms with van der Waals surface area (Å²) in [6, 6.07) is 3.54. The molecular weight excluding hydrogens is 364 g/mol. The van der Waals surface area contributed by atoms with Crippen molar-refractivity contribution in [3.05, 3.63) is 59.0 Å². The first-order valence-electron chi connectivity index (χ1n) is 9.96. The number of benzene rings is 1. The molecule has 1 heterocycles. The first kappa shape index (κ1) is 20.9. The number of rotatable bonds is 2. The summed E-state index contributed by atoms with van der Waals surface area (Å²) in [5.41, 5.74) is 2.66. The molecule has 29 heavy (non-hydrogen) atoms. The number of phenols is 1. The first-order chi connectivity index (χ1) is 13.4. The van der Waals surface area contributed by atoms with Gasteiger partial charge in [-0.1, -0.05) is 53.7 Å². The molecule has 5 heteroatoms. The van der Waals surface area contributed by atoms with Crippen LogP contribution in [-0.2, 0) is 20.4 Å². The summed E-state index contributed by atoms with van der Waals surface area (Å²) >= 11 is 0. The van der Waals surface area contributed by atoms with Crippen LogP contribution in [0.2, 0.25) is 0 Å². The number of carbonyl (C=O) groups excluding carboxylic acids is 2. The average molecular weight is 395 g/mol. The standard InChI is InChI=1S/C24H30N2O3/c1-23(2,3)16-11-17(24(4,5)6)20(27)12-19(16)26-22(29)15-13-25-18-10-8-7-9-14(18)21(15)28/h7-8,10-14,25,27H,9H2,1-6H3,(H,26,29). The quantitative estimate of drug-likeness (QED) is 0.648. The van der Waals surface area contributed by atoms with Gasteiger partial charge in [-0.3, -0.25) is 9.59 Å². The van der Waals surface area contributed by atoms with Crippen LogP contribution in [0.1, 0.15) is 59.1 Å². The summed E-state index contributed by atoms with van der Waals surface area (Å²) in [4.78, 5) is 25.8. The van der Waals surface area contributed by atoms with Crippen molar-refractivity contribution in [2.24, 2.45) is 5.92 Å². The fourth-order valence-electron chi connectivity index (χ4n) is 3.72. The molecule has 1 unspecified atom stereocenters. The largest absolute Gasteiger partial charge is 0.508 e. The van der Waals surface area contributed by atoms with Crippen molar-refractivity contribution in [1.29, 1.82) is 0 Å². The first-order valence-corrected chi connectivity index (χ1v) is 9.96. The Hall–Kier alpha value is -2.82. The van der Waals surface area contributed by atoms with E-state index in [4.69, 9.17) is 0 Å². The Bertz CT molecular complexity index is 954. The van der Waals surface area contributed by atoms with Crippen LogP contribution < -0.4 is 10.6 Å². The van der Waals surface area contributed by atoms with Gasteiger partial charge in [0.25, 0.3) is 5.91 Å². The molecule has 0 spiro atoms. The number of fused-ring (bicyclic) bond motifs is 1. The van der Waals surface area contributed by atoms with Crippen molar-refractivity contribution in [2.45, 2.75) is 58.8 Å². The van der Waals surface area contributed by atoms with Gasteiger partial charge in [-0.15, -0.1) is 0 Å². The number of hydrogen-bond donors (Lipinski definition) is 3. The van der Waals surface area contributed by atoms with Crippen LogP contribution in [-0.4, -0.2) is 16.8 Å². The Kier molecular flexibility index (Phi) is 5.20. The lowest BCUT2D eigenvalue weighted by atomic mass is 9.79. The second-order valence-corrected chi connectivity index (χ2v) is 9.77. The Morgan fingerprint density at radius 1 is 1.10 bits per heavy atom. The van der Waals surface area contributed by atoms with Crippen LogP contribution in [0.15, 0.2) is 47.8 Å². The Balaban J connectivity index is 1.95.